The Kier molecular flexibility index (Phi) is 11.0. The summed E-state index contributed by atoms with van der Waals surface area (Å²) >= 11 is 0. The van der Waals surface area contributed by atoms with Crippen molar-refractivity contribution < 1.29 is 38.5 Å². The van der Waals surface area contributed by atoms with Gasteiger partial charge in [0.2, 0.25) is 0 Å². The highest BCUT2D eigenvalue weighted by atomic mass is 16.6. The lowest BCUT2D eigenvalue weighted by Crippen LogP contribution is -2.53. The van der Waals surface area contributed by atoms with E-state index in [2.05, 4.69) is 10.6 Å². The van der Waals surface area contributed by atoms with Crippen molar-refractivity contribution in [3.8, 4) is 5.75 Å². The van der Waals surface area contributed by atoms with Gasteiger partial charge >= 0.3 is 23.9 Å². The minimum Gasteiger partial charge on any atom is -0.508 e. The van der Waals surface area contributed by atoms with E-state index in [-0.39, 0.29) is 25.0 Å². The summed E-state index contributed by atoms with van der Waals surface area (Å²) in [5.41, 5.74) is -1.65. The maximum absolute atomic E-state index is 12.9. The molecule has 1 aromatic rings. The molecule has 0 saturated heterocycles. The first-order chi connectivity index (χ1) is 16.7. The quantitative estimate of drug-likeness (QED) is 0.329. The second-order valence-electron chi connectivity index (χ2n) is 11.8. The summed E-state index contributed by atoms with van der Waals surface area (Å²) < 4.78 is 16.2. The minimum absolute atomic E-state index is 0.0632. The highest BCUT2D eigenvalue weighted by Gasteiger charge is 2.31. The van der Waals surface area contributed by atoms with Crippen LogP contribution < -0.4 is 10.6 Å². The van der Waals surface area contributed by atoms with Crippen LogP contribution in [0.25, 0.3) is 0 Å². The predicted molar refractivity (Wildman–Crippen MR) is 138 cm³/mol. The molecule has 10 heteroatoms. The normalized spacial score (nSPS) is 13.6. The molecule has 0 aromatic heterocycles. The molecule has 0 aliphatic heterocycles. The van der Waals surface area contributed by atoms with Crippen LogP contribution in [0.3, 0.4) is 0 Å². The summed E-state index contributed by atoms with van der Waals surface area (Å²) in [6.07, 6.45) is -0.117. The molecule has 0 aliphatic rings. The molecule has 1 aromatic carbocycles. The Morgan fingerprint density at radius 3 is 1.62 bits per heavy atom. The Hall–Kier alpha value is -3.30. The van der Waals surface area contributed by atoms with Crippen molar-refractivity contribution >= 4 is 23.9 Å². The van der Waals surface area contributed by atoms with E-state index in [1.165, 1.54) is 12.1 Å². The molecule has 0 bridgehead atoms. The van der Waals surface area contributed by atoms with Gasteiger partial charge in [-0.05, 0) is 86.4 Å². The summed E-state index contributed by atoms with van der Waals surface area (Å²) in [7, 11) is 0. The fraction of sp³-hybridized carbons (Fsp3) is 0.630. The van der Waals surface area contributed by atoms with Crippen molar-refractivity contribution in [2.24, 2.45) is 0 Å². The molecule has 10 nitrogen and oxygen atoms in total. The maximum Gasteiger partial charge on any atom is 0.329 e. The van der Waals surface area contributed by atoms with E-state index < -0.39 is 52.8 Å². The zero-order chi connectivity index (χ0) is 28.6. The molecule has 0 radical (unpaired) electrons. The SMILES string of the molecule is CC(C)(C)OC(=O)CC[C@H](NC(=O)N[C@@H](Cc1ccc(O)cc1)C(=O)OC(C)(C)C)C(=O)OC(C)(C)C. The van der Waals surface area contributed by atoms with Gasteiger partial charge in [-0.2, -0.15) is 0 Å². The van der Waals surface area contributed by atoms with Crippen LogP contribution >= 0.6 is 0 Å². The number of esters is 3. The lowest BCUT2D eigenvalue weighted by molar-refractivity contribution is -0.159. The molecule has 208 valence electrons. The van der Waals surface area contributed by atoms with Gasteiger partial charge in [0, 0.05) is 12.8 Å². The van der Waals surface area contributed by atoms with Crippen molar-refractivity contribution in [1.29, 1.82) is 0 Å². The minimum atomic E-state index is -1.17. The van der Waals surface area contributed by atoms with Crippen LogP contribution in [-0.2, 0) is 35.0 Å². The summed E-state index contributed by atoms with van der Waals surface area (Å²) in [5.74, 6) is -1.85. The smallest absolute Gasteiger partial charge is 0.329 e. The van der Waals surface area contributed by atoms with Crippen molar-refractivity contribution in [1.82, 2.24) is 10.6 Å². The van der Waals surface area contributed by atoms with Crippen molar-refractivity contribution in [2.45, 2.75) is 110 Å². The van der Waals surface area contributed by atoms with Gasteiger partial charge in [0.1, 0.15) is 34.6 Å². The number of ether oxygens (including phenoxy) is 3. The highest BCUT2D eigenvalue weighted by molar-refractivity contribution is 5.87. The molecule has 1 rings (SSSR count). The van der Waals surface area contributed by atoms with E-state index in [0.29, 0.717) is 5.56 Å². The van der Waals surface area contributed by atoms with Crippen molar-refractivity contribution in [3.05, 3.63) is 29.8 Å². The highest BCUT2D eigenvalue weighted by Crippen LogP contribution is 2.16. The fourth-order valence-corrected chi connectivity index (χ4v) is 3.07. The first-order valence-corrected chi connectivity index (χ1v) is 12.3. The Bertz CT molecular complexity index is 937. The van der Waals surface area contributed by atoms with E-state index >= 15 is 0 Å². The molecule has 0 fully saturated rings. The van der Waals surface area contributed by atoms with Gasteiger partial charge in [-0.3, -0.25) is 4.79 Å². The number of nitrogens with one attached hydrogen (secondary N) is 2. The fourth-order valence-electron chi connectivity index (χ4n) is 3.07. The number of carbonyl (C=O) groups is 4. The average molecular weight is 523 g/mol. The number of urea groups is 1. The van der Waals surface area contributed by atoms with Crippen LogP contribution in [0.15, 0.2) is 24.3 Å². The molecule has 37 heavy (non-hydrogen) atoms. The summed E-state index contributed by atoms with van der Waals surface area (Å²) in [6.45, 7) is 15.4. The second kappa shape index (κ2) is 12.8. The number of amides is 2. The Morgan fingerprint density at radius 1 is 0.730 bits per heavy atom. The zero-order valence-electron chi connectivity index (χ0n) is 23.4. The molecular weight excluding hydrogens is 480 g/mol. The molecule has 0 unspecified atom stereocenters. The first kappa shape index (κ1) is 31.7. The first-order valence-electron chi connectivity index (χ1n) is 12.3. The number of rotatable bonds is 9. The Morgan fingerprint density at radius 2 is 1.16 bits per heavy atom. The summed E-state index contributed by atoms with van der Waals surface area (Å²) in [6, 6.07) is 3.11. The molecule has 3 N–H and O–H groups in total. The van der Waals surface area contributed by atoms with Crippen LogP contribution in [0, 0.1) is 0 Å². The van der Waals surface area contributed by atoms with Gasteiger partial charge in [0.05, 0.1) is 0 Å². The van der Waals surface area contributed by atoms with Gasteiger partial charge < -0.3 is 30.0 Å². The third kappa shape index (κ3) is 14.1. The Labute approximate surface area is 219 Å². The Balaban J connectivity index is 3.04. The number of hydrogen-bond acceptors (Lipinski definition) is 8. The standard InChI is InChI=1S/C27H42N2O8/c1-25(2,3)35-21(31)15-14-19(22(32)36-26(4,5)6)28-24(34)29-20(23(33)37-27(7,8)9)16-17-10-12-18(30)13-11-17/h10-13,19-20,30H,14-16H2,1-9H3,(H2,28,29,34)/t19-,20-/m0/s1. The number of aromatic hydroxyl groups is 1. The molecule has 0 saturated carbocycles. The van der Waals surface area contributed by atoms with Gasteiger partial charge in [-0.15, -0.1) is 0 Å². The number of phenols is 1. The largest absolute Gasteiger partial charge is 0.508 e. The van der Waals surface area contributed by atoms with Crippen LogP contribution in [0.1, 0.15) is 80.7 Å². The van der Waals surface area contributed by atoms with E-state index in [0.717, 1.165) is 0 Å². The molecule has 2 atom stereocenters. The lowest BCUT2D eigenvalue weighted by Gasteiger charge is -2.27. The van der Waals surface area contributed by atoms with E-state index in [9.17, 15) is 24.3 Å². The number of carbonyl (C=O) groups excluding carboxylic acids is 4. The maximum atomic E-state index is 12.9. The third-order valence-corrected chi connectivity index (χ3v) is 4.43. The monoisotopic (exact) mass is 522 g/mol. The number of phenolic OH excluding ortho intramolecular Hbond substituents is 1. The number of benzene rings is 1. The topological polar surface area (TPSA) is 140 Å². The molecule has 0 heterocycles. The van der Waals surface area contributed by atoms with Gasteiger partial charge in [0.25, 0.3) is 0 Å². The van der Waals surface area contributed by atoms with E-state index in [1.807, 2.05) is 0 Å². The predicted octanol–water partition coefficient (Wildman–Crippen LogP) is 3.78. The van der Waals surface area contributed by atoms with Gasteiger partial charge in [0.15, 0.2) is 0 Å². The van der Waals surface area contributed by atoms with Crippen molar-refractivity contribution in [3.63, 3.8) is 0 Å². The van der Waals surface area contributed by atoms with Gasteiger partial charge in [-0.1, -0.05) is 12.1 Å². The van der Waals surface area contributed by atoms with Crippen LogP contribution in [0.2, 0.25) is 0 Å². The van der Waals surface area contributed by atoms with Crippen LogP contribution in [-0.4, -0.2) is 57.9 Å². The molecule has 0 aliphatic carbocycles. The summed E-state index contributed by atoms with van der Waals surface area (Å²) in [5, 5.41) is 14.6. The summed E-state index contributed by atoms with van der Waals surface area (Å²) in [4.78, 5) is 50.8. The molecule has 2 amide bonds. The number of hydrogen-bond donors (Lipinski definition) is 3. The van der Waals surface area contributed by atoms with E-state index in [4.69, 9.17) is 14.2 Å². The van der Waals surface area contributed by atoms with Crippen LogP contribution in [0.5, 0.6) is 5.75 Å². The zero-order valence-corrected chi connectivity index (χ0v) is 23.4. The third-order valence-electron chi connectivity index (χ3n) is 4.43. The molecular formula is C27H42N2O8. The van der Waals surface area contributed by atoms with Crippen molar-refractivity contribution in [2.75, 3.05) is 0 Å². The van der Waals surface area contributed by atoms with E-state index in [1.54, 1.807) is 74.4 Å². The lowest BCUT2D eigenvalue weighted by atomic mass is 10.1. The second-order valence-corrected chi connectivity index (χ2v) is 11.8. The average Bonchev–Trinajstić information content (AvgIpc) is 2.68. The van der Waals surface area contributed by atoms with Gasteiger partial charge in [-0.25, -0.2) is 14.4 Å². The van der Waals surface area contributed by atoms with Crippen LogP contribution in [0.4, 0.5) is 4.79 Å². The molecule has 0 spiro atoms.